The first-order chi connectivity index (χ1) is 16.9. The predicted molar refractivity (Wildman–Crippen MR) is 135 cm³/mol. The number of allylic oxidation sites excluding steroid dienone is 1. The highest BCUT2D eigenvalue weighted by molar-refractivity contribution is 6.30. The Morgan fingerprint density at radius 3 is 2.31 bits per heavy atom. The van der Waals surface area contributed by atoms with Crippen LogP contribution in [0.5, 0.6) is 5.75 Å². The van der Waals surface area contributed by atoms with E-state index in [0.29, 0.717) is 28.0 Å². The minimum Gasteiger partial charge on any atom is -0.497 e. The number of methoxy groups -OCH3 is 1. The number of hydrogen-bond acceptors (Lipinski definition) is 5. The van der Waals surface area contributed by atoms with Crippen molar-refractivity contribution in [3.05, 3.63) is 101 Å². The molecular weight excluding hydrogens is 464 g/mol. The molecule has 3 aromatic carbocycles. The second-order valence-electron chi connectivity index (χ2n) is 8.26. The summed E-state index contributed by atoms with van der Waals surface area (Å²) in [6, 6.07) is 21.8. The Labute approximate surface area is 208 Å². The molecule has 1 N–H and O–H groups in total. The van der Waals surface area contributed by atoms with Gasteiger partial charge in [0.25, 0.3) is 5.89 Å². The van der Waals surface area contributed by atoms with Crippen LogP contribution in [0.3, 0.4) is 0 Å². The van der Waals surface area contributed by atoms with Crippen molar-refractivity contribution >= 4 is 28.9 Å². The average molecular weight is 487 g/mol. The van der Waals surface area contributed by atoms with Gasteiger partial charge >= 0.3 is 6.03 Å². The molecule has 1 aromatic heterocycles. The molecule has 7 nitrogen and oxygen atoms in total. The molecule has 0 saturated carbocycles. The number of nitrogens with zero attached hydrogens (tertiary/aromatic N) is 3. The number of carbonyl (C=O) groups excluding carboxylic acids is 1. The zero-order valence-electron chi connectivity index (χ0n) is 19.4. The number of nitrogens with one attached hydrogen (secondary N) is 1. The molecular formula is C27H23ClN4O3. The fraction of sp³-hybridized carbons (Fsp3) is 0.148. The SMILES string of the molecule is COc1ccc(C2NC(=O)N(c3ccc(C)cc3)C(C)=C2c2nc(-c3ccc(Cl)cc3)no2)cc1. The fourth-order valence-electron chi connectivity index (χ4n) is 4.12. The van der Waals surface area contributed by atoms with Crippen molar-refractivity contribution < 1.29 is 14.1 Å². The number of benzene rings is 3. The molecule has 0 aliphatic carbocycles. The third kappa shape index (κ3) is 4.38. The first-order valence-electron chi connectivity index (χ1n) is 11.1. The van der Waals surface area contributed by atoms with Gasteiger partial charge in [-0.3, -0.25) is 4.90 Å². The second-order valence-corrected chi connectivity index (χ2v) is 8.69. The van der Waals surface area contributed by atoms with E-state index in [1.165, 1.54) is 0 Å². The number of aromatic nitrogens is 2. The maximum Gasteiger partial charge on any atom is 0.326 e. The molecule has 0 radical (unpaired) electrons. The highest BCUT2D eigenvalue weighted by Crippen LogP contribution is 2.39. The van der Waals surface area contributed by atoms with Crippen LogP contribution >= 0.6 is 11.6 Å². The summed E-state index contributed by atoms with van der Waals surface area (Å²) in [6.45, 7) is 3.89. The smallest absolute Gasteiger partial charge is 0.326 e. The standard InChI is InChI=1S/C27H23ClN4O3/c1-16-4-12-21(13-5-16)32-17(2)23(24(29-27(32)33)18-8-14-22(34-3)15-9-18)26-30-25(31-35-26)19-6-10-20(28)11-7-19/h4-15,24H,1-3H3,(H,29,33). The average Bonchev–Trinajstić information content (AvgIpc) is 3.35. The molecule has 0 spiro atoms. The van der Waals surface area contributed by atoms with Crippen molar-refractivity contribution in [1.82, 2.24) is 15.5 Å². The van der Waals surface area contributed by atoms with Gasteiger partial charge in [0, 0.05) is 16.3 Å². The molecule has 0 fully saturated rings. The number of carbonyl (C=O) groups is 1. The zero-order chi connectivity index (χ0) is 24.5. The summed E-state index contributed by atoms with van der Waals surface area (Å²) in [4.78, 5) is 19.6. The summed E-state index contributed by atoms with van der Waals surface area (Å²) < 4.78 is 11.0. The van der Waals surface area contributed by atoms with Gasteiger partial charge in [0.1, 0.15) is 5.75 Å². The monoisotopic (exact) mass is 486 g/mol. The molecule has 0 saturated heterocycles. The lowest BCUT2D eigenvalue weighted by Crippen LogP contribution is -2.46. The van der Waals surface area contributed by atoms with E-state index in [9.17, 15) is 4.79 Å². The number of amides is 2. The zero-order valence-corrected chi connectivity index (χ0v) is 20.2. The first kappa shape index (κ1) is 22.7. The molecule has 176 valence electrons. The van der Waals surface area contributed by atoms with Crippen molar-refractivity contribution in [1.29, 1.82) is 0 Å². The molecule has 2 heterocycles. The largest absolute Gasteiger partial charge is 0.497 e. The van der Waals surface area contributed by atoms with Crippen molar-refractivity contribution in [3.8, 4) is 17.1 Å². The third-order valence-electron chi connectivity index (χ3n) is 5.98. The molecule has 1 aliphatic rings. The summed E-state index contributed by atoms with van der Waals surface area (Å²) in [6.07, 6.45) is 0. The van der Waals surface area contributed by atoms with Crippen LogP contribution in [0, 0.1) is 6.92 Å². The maximum atomic E-state index is 13.3. The number of ether oxygens (including phenoxy) is 1. The van der Waals surface area contributed by atoms with E-state index in [0.717, 1.165) is 28.1 Å². The van der Waals surface area contributed by atoms with Crippen LogP contribution < -0.4 is 15.0 Å². The number of rotatable bonds is 5. The van der Waals surface area contributed by atoms with Gasteiger partial charge in [0.15, 0.2) is 0 Å². The molecule has 2 amide bonds. The van der Waals surface area contributed by atoms with Crippen LogP contribution in [0.25, 0.3) is 17.0 Å². The fourth-order valence-corrected chi connectivity index (χ4v) is 4.25. The lowest BCUT2D eigenvalue weighted by molar-refractivity contribution is 0.244. The third-order valence-corrected chi connectivity index (χ3v) is 6.24. The van der Waals surface area contributed by atoms with E-state index < -0.39 is 6.04 Å². The van der Waals surface area contributed by atoms with Gasteiger partial charge in [-0.05, 0) is 67.9 Å². The molecule has 5 rings (SSSR count). The van der Waals surface area contributed by atoms with Crippen molar-refractivity contribution in [2.45, 2.75) is 19.9 Å². The quantitative estimate of drug-likeness (QED) is 0.352. The Hall–Kier alpha value is -4.10. The van der Waals surface area contributed by atoms with E-state index in [1.54, 1.807) is 24.1 Å². The lowest BCUT2D eigenvalue weighted by atomic mass is 9.94. The van der Waals surface area contributed by atoms with Crippen molar-refractivity contribution in [2.75, 3.05) is 12.0 Å². The highest BCUT2D eigenvalue weighted by atomic mass is 35.5. The van der Waals surface area contributed by atoms with E-state index in [4.69, 9.17) is 20.9 Å². The number of halogens is 1. The summed E-state index contributed by atoms with van der Waals surface area (Å²) in [5, 5.41) is 7.93. The van der Waals surface area contributed by atoms with Crippen LogP contribution in [0.4, 0.5) is 10.5 Å². The molecule has 8 heteroatoms. The van der Waals surface area contributed by atoms with Crippen LogP contribution in [0.1, 0.15) is 30.0 Å². The summed E-state index contributed by atoms with van der Waals surface area (Å²) in [7, 11) is 1.61. The molecule has 0 bridgehead atoms. The highest BCUT2D eigenvalue weighted by Gasteiger charge is 2.36. The molecule has 4 aromatic rings. The van der Waals surface area contributed by atoms with Crippen LogP contribution in [-0.2, 0) is 0 Å². The minimum atomic E-state index is -0.492. The van der Waals surface area contributed by atoms with Gasteiger partial charge in [-0.25, -0.2) is 4.79 Å². The number of urea groups is 1. The van der Waals surface area contributed by atoms with Crippen molar-refractivity contribution in [2.24, 2.45) is 0 Å². The maximum absolute atomic E-state index is 13.3. The lowest BCUT2D eigenvalue weighted by Gasteiger charge is -2.35. The Morgan fingerprint density at radius 2 is 1.66 bits per heavy atom. The number of aryl methyl sites for hydroxylation is 1. The van der Waals surface area contributed by atoms with Gasteiger partial charge < -0.3 is 14.6 Å². The molecule has 1 atom stereocenters. The summed E-state index contributed by atoms with van der Waals surface area (Å²) in [5.41, 5.74) is 4.90. The Balaban J connectivity index is 1.63. The summed E-state index contributed by atoms with van der Waals surface area (Å²) in [5.74, 6) is 1.48. The second kappa shape index (κ2) is 9.27. The predicted octanol–water partition coefficient (Wildman–Crippen LogP) is 6.41. The van der Waals surface area contributed by atoms with E-state index in [-0.39, 0.29) is 6.03 Å². The molecule has 1 aliphatic heterocycles. The molecule has 1 unspecified atom stereocenters. The van der Waals surface area contributed by atoms with E-state index in [2.05, 4.69) is 15.5 Å². The number of hydrogen-bond donors (Lipinski definition) is 1. The topological polar surface area (TPSA) is 80.5 Å². The van der Waals surface area contributed by atoms with Gasteiger partial charge in [-0.15, -0.1) is 0 Å². The Bertz CT molecular complexity index is 1390. The van der Waals surface area contributed by atoms with Crippen molar-refractivity contribution in [3.63, 3.8) is 0 Å². The summed E-state index contributed by atoms with van der Waals surface area (Å²) >= 11 is 6.03. The van der Waals surface area contributed by atoms with E-state index >= 15 is 0 Å². The van der Waals surface area contributed by atoms with Gasteiger partial charge in [-0.2, -0.15) is 4.98 Å². The van der Waals surface area contributed by atoms with Gasteiger partial charge in [-0.1, -0.05) is 46.6 Å². The van der Waals surface area contributed by atoms with E-state index in [1.807, 2.05) is 74.5 Å². The normalized spacial score (nSPS) is 15.8. The number of anilines is 1. The van der Waals surface area contributed by atoms with Crippen LogP contribution in [-0.4, -0.2) is 23.3 Å². The Morgan fingerprint density at radius 1 is 0.971 bits per heavy atom. The van der Waals surface area contributed by atoms with Gasteiger partial charge in [0.05, 0.1) is 24.4 Å². The van der Waals surface area contributed by atoms with Crippen LogP contribution in [0.15, 0.2) is 83.0 Å². The van der Waals surface area contributed by atoms with Crippen LogP contribution in [0.2, 0.25) is 5.02 Å². The first-order valence-corrected chi connectivity index (χ1v) is 11.4. The van der Waals surface area contributed by atoms with Gasteiger partial charge in [0.2, 0.25) is 5.82 Å². The minimum absolute atomic E-state index is 0.242. The Kier molecular flexibility index (Phi) is 6.01. The molecule has 35 heavy (non-hydrogen) atoms.